The Kier molecular flexibility index (Phi) is 9.62. The second-order valence-corrected chi connectivity index (χ2v) is 11.2. The number of rotatable bonds is 10. The van der Waals surface area contributed by atoms with Crippen LogP contribution in [0.3, 0.4) is 0 Å². The molecule has 1 fully saturated rings. The third-order valence-corrected chi connectivity index (χ3v) is 7.88. The van der Waals surface area contributed by atoms with Crippen molar-refractivity contribution in [1.29, 1.82) is 0 Å². The summed E-state index contributed by atoms with van der Waals surface area (Å²) in [4.78, 5) is 46.5. The van der Waals surface area contributed by atoms with Gasteiger partial charge in [-0.1, -0.05) is 78.0 Å². The minimum Gasteiger partial charge on any atom is -0.333 e. The van der Waals surface area contributed by atoms with Crippen molar-refractivity contribution in [3.63, 3.8) is 0 Å². The van der Waals surface area contributed by atoms with Crippen molar-refractivity contribution in [3.05, 3.63) is 64.0 Å². The molecule has 0 radical (unpaired) electrons. The van der Waals surface area contributed by atoms with Crippen LogP contribution in [-0.4, -0.2) is 49.2 Å². The number of hydrogen-bond acceptors (Lipinski definition) is 7. The molecule has 8 nitrogen and oxygen atoms in total. The number of nitrogens with zero attached hydrogens (tertiary/aromatic N) is 2. The maximum absolute atomic E-state index is 12.7. The van der Waals surface area contributed by atoms with Gasteiger partial charge in [0.1, 0.15) is 4.32 Å². The number of hydrogen-bond donors (Lipinski definition) is 3. The number of carbonyl (C=O) groups excluding carboxylic acids is 3. The van der Waals surface area contributed by atoms with E-state index in [1.54, 1.807) is 17.0 Å². The molecule has 1 aromatic heterocycles. The number of thioether (sulfide) groups is 2. The van der Waals surface area contributed by atoms with Crippen LogP contribution in [0.2, 0.25) is 5.02 Å². The summed E-state index contributed by atoms with van der Waals surface area (Å²) in [5.41, 5.74) is 7.49. The molecule has 192 valence electrons. The van der Waals surface area contributed by atoms with Crippen molar-refractivity contribution in [2.45, 2.75) is 30.8 Å². The van der Waals surface area contributed by atoms with Gasteiger partial charge in [0.15, 0.2) is 5.16 Å². The first-order valence-corrected chi connectivity index (χ1v) is 14.1. The van der Waals surface area contributed by atoms with Gasteiger partial charge in [-0.25, -0.2) is 4.98 Å². The van der Waals surface area contributed by atoms with E-state index in [0.717, 1.165) is 23.0 Å². The second-order valence-electron chi connectivity index (χ2n) is 8.14. The van der Waals surface area contributed by atoms with E-state index in [2.05, 4.69) is 20.8 Å². The number of para-hydroxylation sites is 2. The fraction of sp³-hybridized carbons (Fsp3) is 0.240. The van der Waals surface area contributed by atoms with Crippen molar-refractivity contribution < 1.29 is 14.4 Å². The van der Waals surface area contributed by atoms with E-state index in [9.17, 15) is 14.4 Å². The van der Waals surface area contributed by atoms with Gasteiger partial charge in [0.25, 0.3) is 5.91 Å². The SMILES string of the molecule is O=C(CCCCCN1C(=O)C(=Cc2ccc(Cl)cc2)SC1=S)NNC(=O)CSc1nc2ccccc2[nH]1. The molecule has 37 heavy (non-hydrogen) atoms. The zero-order chi connectivity index (χ0) is 26.2. The third kappa shape index (κ3) is 7.81. The monoisotopic (exact) mass is 573 g/mol. The number of aromatic nitrogens is 2. The highest BCUT2D eigenvalue weighted by atomic mass is 35.5. The van der Waals surface area contributed by atoms with Crippen LogP contribution in [0.25, 0.3) is 17.1 Å². The summed E-state index contributed by atoms with van der Waals surface area (Å²) in [6, 6.07) is 14.9. The van der Waals surface area contributed by atoms with E-state index >= 15 is 0 Å². The minimum absolute atomic E-state index is 0.106. The van der Waals surface area contributed by atoms with Crippen LogP contribution in [0.5, 0.6) is 0 Å². The zero-order valence-electron chi connectivity index (χ0n) is 19.7. The lowest BCUT2D eigenvalue weighted by atomic mass is 10.2. The number of H-pyrrole nitrogens is 1. The van der Waals surface area contributed by atoms with Gasteiger partial charge in [-0.2, -0.15) is 0 Å². The quantitative estimate of drug-likeness (QED) is 0.104. The lowest BCUT2D eigenvalue weighted by Gasteiger charge is -2.14. The number of aromatic amines is 1. The Morgan fingerprint density at radius 1 is 1.08 bits per heavy atom. The molecule has 1 saturated heterocycles. The fourth-order valence-corrected chi connectivity index (χ4v) is 5.62. The number of carbonyl (C=O) groups is 3. The molecule has 12 heteroatoms. The van der Waals surface area contributed by atoms with Crippen molar-refractivity contribution in [2.75, 3.05) is 12.3 Å². The molecule has 0 spiro atoms. The molecule has 1 aliphatic rings. The highest BCUT2D eigenvalue weighted by Crippen LogP contribution is 2.33. The predicted molar refractivity (Wildman–Crippen MR) is 153 cm³/mol. The van der Waals surface area contributed by atoms with Crippen LogP contribution in [0.15, 0.2) is 58.6 Å². The molecule has 0 atom stereocenters. The smallest absolute Gasteiger partial charge is 0.266 e. The number of halogens is 1. The Morgan fingerprint density at radius 3 is 2.62 bits per heavy atom. The lowest BCUT2D eigenvalue weighted by molar-refractivity contribution is -0.127. The number of benzene rings is 2. The van der Waals surface area contributed by atoms with E-state index in [1.165, 1.54) is 23.5 Å². The third-order valence-electron chi connectivity index (χ3n) is 5.38. The van der Waals surface area contributed by atoms with Crippen LogP contribution >= 0.6 is 47.3 Å². The Labute approximate surface area is 233 Å². The summed E-state index contributed by atoms with van der Waals surface area (Å²) in [5, 5.41) is 1.28. The van der Waals surface area contributed by atoms with Gasteiger partial charge in [-0.3, -0.25) is 30.1 Å². The average Bonchev–Trinajstić information content (AvgIpc) is 3.42. The van der Waals surface area contributed by atoms with Crippen LogP contribution in [0, 0.1) is 0 Å². The largest absolute Gasteiger partial charge is 0.333 e. The Morgan fingerprint density at radius 2 is 1.84 bits per heavy atom. The molecule has 0 unspecified atom stereocenters. The van der Waals surface area contributed by atoms with Crippen LogP contribution < -0.4 is 10.9 Å². The lowest BCUT2D eigenvalue weighted by Crippen LogP contribution is -2.42. The molecular formula is C25H24ClN5O3S3. The highest BCUT2D eigenvalue weighted by molar-refractivity contribution is 8.26. The average molecular weight is 574 g/mol. The van der Waals surface area contributed by atoms with Gasteiger partial charge < -0.3 is 4.98 Å². The van der Waals surface area contributed by atoms with E-state index in [1.807, 2.05) is 42.5 Å². The summed E-state index contributed by atoms with van der Waals surface area (Å²) < 4.78 is 0.534. The number of nitrogens with one attached hydrogen (secondary N) is 3. The summed E-state index contributed by atoms with van der Waals surface area (Å²) in [5.74, 6) is -0.569. The number of unbranched alkanes of at least 4 members (excludes halogenated alkanes) is 2. The molecule has 0 aliphatic carbocycles. The van der Waals surface area contributed by atoms with Crippen LogP contribution in [0.4, 0.5) is 0 Å². The standard InChI is InChI=1S/C25H24ClN5O3S3/c26-17-11-9-16(10-12-17)14-20-23(34)31(25(35)37-20)13-5-1-2-8-21(32)29-30-22(33)15-36-24-27-18-6-3-4-7-19(18)28-24/h3-4,6-7,9-12,14H,1-2,5,8,13,15H2,(H,27,28)(H,29,32)(H,30,33). The number of amides is 3. The van der Waals surface area contributed by atoms with E-state index in [4.69, 9.17) is 23.8 Å². The van der Waals surface area contributed by atoms with Gasteiger partial charge in [0.05, 0.1) is 21.7 Å². The second kappa shape index (κ2) is 13.1. The Hall–Kier alpha value is -2.86. The first-order valence-electron chi connectivity index (χ1n) is 11.6. The molecule has 1 aliphatic heterocycles. The molecule has 4 rings (SSSR count). The normalized spacial score (nSPS) is 14.5. The predicted octanol–water partition coefficient (Wildman–Crippen LogP) is 4.92. The summed E-state index contributed by atoms with van der Waals surface area (Å²) in [6.45, 7) is 0.500. The number of fused-ring (bicyclic) bond motifs is 1. The maximum atomic E-state index is 12.7. The van der Waals surface area contributed by atoms with Gasteiger partial charge >= 0.3 is 0 Å². The van der Waals surface area contributed by atoms with Crippen LogP contribution in [-0.2, 0) is 14.4 Å². The molecule has 2 aromatic carbocycles. The number of thiocarbonyl (C=S) groups is 1. The zero-order valence-corrected chi connectivity index (χ0v) is 22.9. The molecule has 0 bridgehead atoms. The molecule has 3 N–H and O–H groups in total. The summed E-state index contributed by atoms with van der Waals surface area (Å²) >= 11 is 13.8. The Balaban J connectivity index is 1.10. The maximum Gasteiger partial charge on any atom is 0.266 e. The topological polar surface area (TPSA) is 107 Å². The van der Waals surface area contributed by atoms with Crippen LogP contribution in [0.1, 0.15) is 31.2 Å². The molecule has 2 heterocycles. The van der Waals surface area contributed by atoms with Gasteiger partial charge in [0, 0.05) is 18.0 Å². The highest BCUT2D eigenvalue weighted by Gasteiger charge is 2.31. The van der Waals surface area contributed by atoms with E-state index in [0.29, 0.717) is 38.8 Å². The summed E-state index contributed by atoms with van der Waals surface area (Å²) in [7, 11) is 0. The molecule has 0 saturated carbocycles. The van der Waals surface area contributed by atoms with E-state index < -0.39 is 0 Å². The molecular weight excluding hydrogens is 550 g/mol. The van der Waals surface area contributed by atoms with Gasteiger partial charge in [0.2, 0.25) is 11.8 Å². The fourth-order valence-electron chi connectivity index (χ4n) is 3.51. The minimum atomic E-state index is -0.320. The first-order chi connectivity index (χ1) is 17.9. The number of hydrazine groups is 1. The summed E-state index contributed by atoms with van der Waals surface area (Å²) in [6.07, 6.45) is 4.17. The van der Waals surface area contributed by atoms with Gasteiger partial charge in [-0.15, -0.1) is 0 Å². The van der Waals surface area contributed by atoms with E-state index in [-0.39, 0.29) is 29.9 Å². The molecule has 3 amide bonds. The van der Waals surface area contributed by atoms with Crippen molar-refractivity contribution in [3.8, 4) is 0 Å². The van der Waals surface area contributed by atoms with Crippen molar-refractivity contribution >= 4 is 86.5 Å². The molecule has 3 aromatic rings. The van der Waals surface area contributed by atoms with Crippen molar-refractivity contribution in [2.24, 2.45) is 0 Å². The number of imidazole rings is 1. The van der Waals surface area contributed by atoms with Gasteiger partial charge in [-0.05, 0) is 48.7 Å². The Bertz CT molecular complexity index is 1310. The first kappa shape index (κ1) is 27.2. The van der Waals surface area contributed by atoms with Crippen molar-refractivity contribution in [1.82, 2.24) is 25.7 Å².